The van der Waals surface area contributed by atoms with Crippen LogP contribution < -0.4 is 4.90 Å². The van der Waals surface area contributed by atoms with Crippen molar-refractivity contribution >= 4 is 5.69 Å². The van der Waals surface area contributed by atoms with Crippen LogP contribution in [-0.2, 0) is 0 Å². The van der Waals surface area contributed by atoms with Gasteiger partial charge in [-0.1, -0.05) is 0 Å². The molecule has 0 saturated heterocycles. The van der Waals surface area contributed by atoms with Crippen molar-refractivity contribution in [2.45, 2.75) is 13.8 Å². The van der Waals surface area contributed by atoms with Crippen LogP contribution in [0.3, 0.4) is 0 Å². The molecule has 1 rings (SSSR count). The zero-order chi connectivity index (χ0) is 12.8. The second-order valence-electron chi connectivity index (χ2n) is 3.53. The highest BCUT2D eigenvalue weighted by Crippen LogP contribution is 2.22. The number of nitriles is 3. The van der Waals surface area contributed by atoms with Gasteiger partial charge in [0.05, 0.1) is 29.1 Å². The first-order valence-corrected chi connectivity index (χ1v) is 5.01. The van der Waals surface area contributed by atoms with E-state index >= 15 is 0 Å². The maximum Gasteiger partial charge on any atom is 0.107 e. The van der Waals surface area contributed by atoms with Crippen molar-refractivity contribution in [2.75, 3.05) is 18.0 Å². The van der Waals surface area contributed by atoms with Crippen LogP contribution in [-0.4, -0.2) is 18.1 Å². The molecular formula is C12H11N5. The van der Waals surface area contributed by atoms with Gasteiger partial charge >= 0.3 is 0 Å². The van der Waals surface area contributed by atoms with Crippen molar-refractivity contribution in [2.24, 2.45) is 0 Å². The van der Waals surface area contributed by atoms with Crippen LogP contribution >= 0.6 is 0 Å². The molecule has 0 bridgehead atoms. The fourth-order valence-electron chi connectivity index (χ4n) is 1.59. The molecule has 0 unspecified atom stereocenters. The van der Waals surface area contributed by atoms with Crippen molar-refractivity contribution in [3.8, 4) is 18.2 Å². The number of pyridine rings is 1. The minimum absolute atomic E-state index is 0.0745. The van der Waals surface area contributed by atoms with E-state index in [1.165, 1.54) is 0 Å². The van der Waals surface area contributed by atoms with E-state index in [4.69, 9.17) is 15.8 Å². The highest BCUT2D eigenvalue weighted by molar-refractivity contribution is 5.62. The quantitative estimate of drug-likeness (QED) is 0.726. The molecule has 84 valence electrons. The normalized spacial score (nSPS) is 8.88. The smallest absolute Gasteiger partial charge is 0.107 e. The summed E-state index contributed by atoms with van der Waals surface area (Å²) in [5.74, 6) is 0. The van der Waals surface area contributed by atoms with Gasteiger partial charge in [-0.2, -0.15) is 15.8 Å². The second-order valence-corrected chi connectivity index (χ2v) is 3.53. The van der Waals surface area contributed by atoms with E-state index in [0.717, 1.165) is 5.69 Å². The molecule has 0 radical (unpaired) electrons. The first-order valence-electron chi connectivity index (χ1n) is 5.01. The molecule has 0 aliphatic carbocycles. The summed E-state index contributed by atoms with van der Waals surface area (Å²) in [6, 6.07) is 7.76. The lowest BCUT2D eigenvalue weighted by Crippen LogP contribution is -2.25. The van der Waals surface area contributed by atoms with Gasteiger partial charge in [0, 0.05) is 5.69 Å². The lowest BCUT2D eigenvalue weighted by atomic mass is 10.1. The van der Waals surface area contributed by atoms with Crippen LogP contribution in [0, 0.1) is 47.8 Å². The number of hydrogen-bond acceptors (Lipinski definition) is 5. The molecule has 0 amide bonds. The van der Waals surface area contributed by atoms with Crippen molar-refractivity contribution in [3.63, 3.8) is 0 Å². The average molecular weight is 225 g/mol. The third-order valence-corrected chi connectivity index (χ3v) is 2.28. The average Bonchev–Trinajstić information content (AvgIpc) is 2.28. The van der Waals surface area contributed by atoms with Crippen LogP contribution in [0.5, 0.6) is 0 Å². The Morgan fingerprint density at radius 1 is 1.18 bits per heavy atom. The van der Waals surface area contributed by atoms with Gasteiger partial charge in [0.25, 0.3) is 0 Å². The Balaban J connectivity index is 3.33. The topological polar surface area (TPSA) is 87.5 Å². The zero-order valence-corrected chi connectivity index (χ0v) is 9.73. The van der Waals surface area contributed by atoms with E-state index in [2.05, 4.69) is 11.1 Å². The van der Waals surface area contributed by atoms with Crippen LogP contribution in [0.1, 0.15) is 17.0 Å². The Morgan fingerprint density at radius 2 is 1.76 bits per heavy atom. The van der Waals surface area contributed by atoms with Gasteiger partial charge in [-0.25, -0.2) is 0 Å². The Bertz CT molecular complexity index is 526. The van der Waals surface area contributed by atoms with E-state index in [1.54, 1.807) is 17.9 Å². The lowest BCUT2D eigenvalue weighted by molar-refractivity contribution is 0.949. The lowest BCUT2D eigenvalue weighted by Gasteiger charge is -2.20. The predicted octanol–water partition coefficient (Wildman–Crippen LogP) is 1.42. The molecule has 0 N–H and O–H groups in total. The Kier molecular flexibility index (Phi) is 4.03. The molecule has 0 atom stereocenters. The standard InChI is InChI=1S/C12H11N5/c1-9-7-12(11(8-15)10(2)16-9)17(5-3-13)6-4-14/h7H,5-6H2,1-2H3. The summed E-state index contributed by atoms with van der Waals surface area (Å²) >= 11 is 0. The molecule has 0 aliphatic rings. The monoisotopic (exact) mass is 225 g/mol. The zero-order valence-electron chi connectivity index (χ0n) is 9.73. The van der Waals surface area contributed by atoms with E-state index < -0.39 is 0 Å². The fraction of sp³-hybridized carbons (Fsp3) is 0.333. The molecule has 5 heteroatoms. The van der Waals surface area contributed by atoms with Gasteiger partial charge in [0.2, 0.25) is 0 Å². The summed E-state index contributed by atoms with van der Waals surface area (Å²) in [5.41, 5.74) is 2.39. The fourth-order valence-corrected chi connectivity index (χ4v) is 1.59. The third-order valence-electron chi connectivity index (χ3n) is 2.28. The Labute approximate surface area is 100 Å². The number of nitrogens with zero attached hydrogens (tertiary/aromatic N) is 5. The van der Waals surface area contributed by atoms with Crippen molar-refractivity contribution in [1.29, 1.82) is 15.8 Å². The van der Waals surface area contributed by atoms with Crippen molar-refractivity contribution in [3.05, 3.63) is 23.0 Å². The van der Waals surface area contributed by atoms with Crippen molar-refractivity contribution in [1.82, 2.24) is 4.98 Å². The van der Waals surface area contributed by atoms with Crippen LogP contribution in [0.4, 0.5) is 5.69 Å². The summed E-state index contributed by atoms with van der Waals surface area (Å²) in [7, 11) is 0. The summed E-state index contributed by atoms with van der Waals surface area (Å²) in [5, 5.41) is 26.5. The van der Waals surface area contributed by atoms with Gasteiger partial charge in [-0.3, -0.25) is 4.98 Å². The van der Waals surface area contributed by atoms with Crippen LogP contribution in [0.2, 0.25) is 0 Å². The number of rotatable bonds is 3. The third kappa shape index (κ3) is 2.71. The predicted molar refractivity (Wildman–Crippen MR) is 61.9 cm³/mol. The van der Waals surface area contributed by atoms with E-state index in [-0.39, 0.29) is 13.1 Å². The Morgan fingerprint density at radius 3 is 2.24 bits per heavy atom. The maximum atomic E-state index is 9.09. The molecule has 1 aromatic heterocycles. The number of aromatic nitrogens is 1. The van der Waals surface area contributed by atoms with Gasteiger partial charge in [-0.15, -0.1) is 0 Å². The molecule has 5 nitrogen and oxygen atoms in total. The van der Waals surface area contributed by atoms with Gasteiger partial charge < -0.3 is 4.90 Å². The molecule has 0 spiro atoms. The number of anilines is 1. The molecule has 0 saturated carbocycles. The number of hydrogen-bond donors (Lipinski definition) is 0. The maximum absolute atomic E-state index is 9.09. The molecule has 0 aliphatic heterocycles. The first-order chi connectivity index (χ1) is 8.13. The van der Waals surface area contributed by atoms with Gasteiger partial charge in [-0.05, 0) is 19.9 Å². The van der Waals surface area contributed by atoms with E-state index in [0.29, 0.717) is 16.9 Å². The van der Waals surface area contributed by atoms with Gasteiger partial charge in [0.1, 0.15) is 19.2 Å². The molecule has 0 fully saturated rings. The highest BCUT2D eigenvalue weighted by Gasteiger charge is 2.14. The first kappa shape index (κ1) is 12.5. The van der Waals surface area contributed by atoms with Crippen molar-refractivity contribution < 1.29 is 0 Å². The Hall–Kier alpha value is -2.58. The highest BCUT2D eigenvalue weighted by atomic mass is 15.1. The summed E-state index contributed by atoms with van der Waals surface area (Å²) in [6.07, 6.45) is 0. The summed E-state index contributed by atoms with van der Waals surface area (Å²) in [6.45, 7) is 3.71. The minimum atomic E-state index is 0.0745. The molecule has 17 heavy (non-hydrogen) atoms. The summed E-state index contributed by atoms with van der Waals surface area (Å²) in [4.78, 5) is 5.76. The van der Waals surface area contributed by atoms with E-state index in [1.807, 2.05) is 19.1 Å². The second kappa shape index (κ2) is 5.49. The molecule has 0 aromatic carbocycles. The molecule has 1 heterocycles. The minimum Gasteiger partial charge on any atom is -0.344 e. The SMILES string of the molecule is Cc1cc(N(CC#N)CC#N)c(C#N)c(C)n1. The summed E-state index contributed by atoms with van der Waals surface area (Å²) < 4.78 is 0. The largest absolute Gasteiger partial charge is 0.344 e. The molecular weight excluding hydrogens is 214 g/mol. The van der Waals surface area contributed by atoms with E-state index in [9.17, 15) is 0 Å². The molecule has 1 aromatic rings. The van der Waals surface area contributed by atoms with Crippen LogP contribution in [0.25, 0.3) is 0 Å². The van der Waals surface area contributed by atoms with Crippen LogP contribution in [0.15, 0.2) is 6.07 Å². The van der Waals surface area contributed by atoms with Gasteiger partial charge in [0.15, 0.2) is 0 Å². The number of aryl methyl sites for hydroxylation is 2.